The lowest BCUT2D eigenvalue weighted by molar-refractivity contribution is 0.303. The predicted octanol–water partition coefficient (Wildman–Crippen LogP) is 4.55. The lowest BCUT2D eigenvalue weighted by Crippen LogP contribution is -2.12. The van der Waals surface area contributed by atoms with Crippen LogP contribution in [-0.2, 0) is 13.0 Å². The summed E-state index contributed by atoms with van der Waals surface area (Å²) in [6, 6.07) is 14.3. The zero-order valence-electron chi connectivity index (χ0n) is 11.3. The van der Waals surface area contributed by atoms with Crippen molar-refractivity contribution in [2.75, 3.05) is 13.6 Å². The standard InChI is InChI=1S/C16H17Br2NO/c1-19-9-8-12-4-2-3-5-13(12)11-20-16-7-6-14(17)10-15(16)18/h2-7,10,19H,8-9,11H2,1H3. The highest BCUT2D eigenvalue weighted by Gasteiger charge is 2.05. The monoisotopic (exact) mass is 397 g/mol. The number of benzene rings is 2. The van der Waals surface area contributed by atoms with Crippen molar-refractivity contribution in [1.82, 2.24) is 5.32 Å². The summed E-state index contributed by atoms with van der Waals surface area (Å²) in [5.74, 6) is 0.858. The maximum Gasteiger partial charge on any atom is 0.134 e. The Kier molecular flexibility index (Phi) is 6.07. The SMILES string of the molecule is CNCCc1ccccc1COc1ccc(Br)cc1Br. The first-order valence-electron chi connectivity index (χ1n) is 6.50. The van der Waals surface area contributed by atoms with Gasteiger partial charge in [0.1, 0.15) is 12.4 Å². The van der Waals surface area contributed by atoms with E-state index in [1.54, 1.807) is 0 Å². The number of hydrogen-bond donors (Lipinski definition) is 1. The van der Waals surface area contributed by atoms with Crippen LogP contribution in [0.1, 0.15) is 11.1 Å². The minimum absolute atomic E-state index is 0.583. The van der Waals surface area contributed by atoms with Gasteiger partial charge >= 0.3 is 0 Å². The lowest BCUT2D eigenvalue weighted by atomic mass is 10.1. The molecule has 2 rings (SSSR count). The van der Waals surface area contributed by atoms with E-state index in [-0.39, 0.29) is 0 Å². The number of halogens is 2. The average Bonchev–Trinajstić information content (AvgIpc) is 2.45. The van der Waals surface area contributed by atoms with Gasteiger partial charge in [0.15, 0.2) is 0 Å². The van der Waals surface area contributed by atoms with Gasteiger partial charge in [-0.2, -0.15) is 0 Å². The van der Waals surface area contributed by atoms with Crippen molar-refractivity contribution in [3.63, 3.8) is 0 Å². The summed E-state index contributed by atoms with van der Waals surface area (Å²) in [5.41, 5.74) is 2.56. The summed E-state index contributed by atoms with van der Waals surface area (Å²) in [4.78, 5) is 0. The molecule has 0 atom stereocenters. The van der Waals surface area contributed by atoms with Crippen molar-refractivity contribution in [2.24, 2.45) is 0 Å². The van der Waals surface area contributed by atoms with Crippen LogP contribution >= 0.6 is 31.9 Å². The van der Waals surface area contributed by atoms with Crippen LogP contribution in [0.5, 0.6) is 5.75 Å². The first-order valence-corrected chi connectivity index (χ1v) is 8.08. The highest BCUT2D eigenvalue weighted by atomic mass is 79.9. The molecule has 0 radical (unpaired) electrons. The molecule has 0 aliphatic carbocycles. The van der Waals surface area contributed by atoms with E-state index < -0.39 is 0 Å². The quantitative estimate of drug-likeness (QED) is 0.770. The van der Waals surface area contributed by atoms with Gasteiger partial charge < -0.3 is 10.1 Å². The van der Waals surface area contributed by atoms with Crippen LogP contribution in [-0.4, -0.2) is 13.6 Å². The Morgan fingerprint density at radius 1 is 1.05 bits per heavy atom. The van der Waals surface area contributed by atoms with Gasteiger partial charge in [0, 0.05) is 4.47 Å². The molecule has 0 bridgehead atoms. The summed E-state index contributed by atoms with van der Waals surface area (Å²) >= 11 is 6.96. The number of rotatable bonds is 6. The molecule has 0 fully saturated rings. The zero-order chi connectivity index (χ0) is 14.4. The molecule has 2 aromatic carbocycles. The summed E-state index contributed by atoms with van der Waals surface area (Å²) < 4.78 is 7.90. The van der Waals surface area contributed by atoms with Gasteiger partial charge in [-0.3, -0.25) is 0 Å². The van der Waals surface area contributed by atoms with Gasteiger partial charge in [-0.05, 0) is 65.3 Å². The largest absolute Gasteiger partial charge is 0.488 e. The van der Waals surface area contributed by atoms with Crippen molar-refractivity contribution >= 4 is 31.9 Å². The molecule has 106 valence electrons. The molecule has 4 heteroatoms. The Balaban J connectivity index is 2.06. The maximum absolute atomic E-state index is 5.91. The zero-order valence-corrected chi connectivity index (χ0v) is 14.5. The van der Waals surface area contributed by atoms with E-state index in [1.165, 1.54) is 11.1 Å². The van der Waals surface area contributed by atoms with Gasteiger partial charge in [-0.25, -0.2) is 0 Å². The summed E-state index contributed by atoms with van der Waals surface area (Å²) in [6.07, 6.45) is 1.01. The van der Waals surface area contributed by atoms with Gasteiger partial charge in [0.05, 0.1) is 4.47 Å². The minimum atomic E-state index is 0.583. The van der Waals surface area contributed by atoms with Crippen LogP contribution in [0, 0.1) is 0 Å². The topological polar surface area (TPSA) is 21.3 Å². The maximum atomic E-state index is 5.91. The van der Waals surface area contributed by atoms with E-state index in [0.29, 0.717) is 6.61 Å². The molecule has 0 aliphatic heterocycles. The van der Waals surface area contributed by atoms with Crippen molar-refractivity contribution in [3.8, 4) is 5.75 Å². The highest BCUT2D eigenvalue weighted by molar-refractivity contribution is 9.11. The van der Waals surface area contributed by atoms with Crippen LogP contribution in [0.3, 0.4) is 0 Å². The molecule has 2 nitrogen and oxygen atoms in total. The first kappa shape index (κ1) is 15.5. The van der Waals surface area contributed by atoms with Crippen molar-refractivity contribution in [3.05, 3.63) is 62.5 Å². The van der Waals surface area contributed by atoms with E-state index in [9.17, 15) is 0 Å². The molecule has 0 spiro atoms. The summed E-state index contributed by atoms with van der Waals surface area (Å²) in [7, 11) is 1.97. The Labute approximate surface area is 136 Å². The third-order valence-corrected chi connectivity index (χ3v) is 4.15. The smallest absolute Gasteiger partial charge is 0.134 e. The fourth-order valence-electron chi connectivity index (χ4n) is 1.95. The fraction of sp³-hybridized carbons (Fsp3) is 0.250. The molecule has 0 saturated heterocycles. The molecule has 0 amide bonds. The van der Waals surface area contributed by atoms with Crippen molar-refractivity contribution < 1.29 is 4.74 Å². The molecule has 0 unspecified atom stereocenters. The number of nitrogens with one attached hydrogen (secondary N) is 1. The Morgan fingerprint density at radius 3 is 2.50 bits per heavy atom. The Bertz CT molecular complexity index is 572. The number of ether oxygens (including phenoxy) is 1. The van der Waals surface area contributed by atoms with Crippen LogP contribution in [0.15, 0.2) is 51.4 Å². The lowest BCUT2D eigenvalue weighted by Gasteiger charge is -2.12. The molecule has 0 saturated carbocycles. The third kappa shape index (κ3) is 4.33. The summed E-state index contributed by atoms with van der Waals surface area (Å²) in [6.45, 7) is 1.55. The van der Waals surface area contributed by atoms with Crippen LogP contribution in [0.4, 0.5) is 0 Å². The molecular weight excluding hydrogens is 382 g/mol. The minimum Gasteiger partial charge on any atom is -0.488 e. The van der Waals surface area contributed by atoms with Gasteiger partial charge in [-0.1, -0.05) is 40.2 Å². The molecule has 0 aliphatic rings. The van der Waals surface area contributed by atoms with Crippen molar-refractivity contribution in [2.45, 2.75) is 13.0 Å². The van der Waals surface area contributed by atoms with Crippen LogP contribution < -0.4 is 10.1 Å². The fourth-order valence-corrected chi connectivity index (χ4v) is 3.11. The number of likely N-dealkylation sites (N-methyl/N-ethyl adjacent to an activating group) is 1. The van der Waals surface area contributed by atoms with Crippen LogP contribution in [0.2, 0.25) is 0 Å². The molecular formula is C16H17Br2NO. The van der Waals surface area contributed by atoms with E-state index in [0.717, 1.165) is 27.7 Å². The van der Waals surface area contributed by atoms with E-state index >= 15 is 0 Å². The molecule has 0 heterocycles. The average molecular weight is 399 g/mol. The van der Waals surface area contributed by atoms with E-state index in [1.807, 2.05) is 25.2 Å². The predicted molar refractivity (Wildman–Crippen MR) is 90.2 cm³/mol. The second-order valence-electron chi connectivity index (χ2n) is 4.49. The Morgan fingerprint density at radius 2 is 1.80 bits per heavy atom. The molecule has 1 N–H and O–H groups in total. The highest BCUT2D eigenvalue weighted by Crippen LogP contribution is 2.29. The second-order valence-corrected chi connectivity index (χ2v) is 6.26. The van der Waals surface area contributed by atoms with Crippen LogP contribution in [0.25, 0.3) is 0 Å². The first-order chi connectivity index (χ1) is 9.70. The summed E-state index contributed by atoms with van der Waals surface area (Å²) in [5, 5.41) is 3.18. The molecule has 20 heavy (non-hydrogen) atoms. The number of hydrogen-bond acceptors (Lipinski definition) is 2. The van der Waals surface area contributed by atoms with Gasteiger partial charge in [0.25, 0.3) is 0 Å². The van der Waals surface area contributed by atoms with E-state index in [4.69, 9.17) is 4.74 Å². The normalized spacial score (nSPS) is 10.6. The van der Waals surface area contributed by atoms with Gasteiger partial charge in [-0.15, -0.1) is 0 Å². The Hall–Kier alpha value is -0.840. The third-order valence-electron chi connectivity index (χ3n) is 3.04. The van der Waals surface area contributed by atoms with Gasteiger partial charge in [0.2, 0.25) is 0 Å². The van der Waals surface area contributed by atoms with Crippen molar-refractivity contribution in [1.29, 1.82) is 0 Å². The molecule has 2 aromatic rings. The second kappa shape index (κ2) is 7.81. The van der Waals surface area contributed by atoms with E-state index in [2.05, 4.69) is 61.4 Å². The molecule has 0 aromatic heterocycles.